The monoisotopic (exact) mass is 394 g/mol. The minimum Gasteiger partial charge on any atom is -0.461 e. The number of hydrogen-bond donors (Lipinski definition) is 0. The highest BCUT2D eigenvalue weighted by Gasteiger charge is 2.43. The lowest BCUT2D eigenvalue weighted by atomic mass is 9.97. The number of fused-ring (bicyclic) bond motifs is 3. The van der Waals surface area contributed by atoms with Gasteiger partial charge in [-0.15, -0.1) is 11.3 Å². The molecule has 2 aromatic carbocycles. The van der Waals surface area contributed by atoms with E-state index in [1.807, 2.05) is 41.8 Å². The molecular weight excluding hydrogens is 380 g/mol. The number of ether oxygens (including phenoxy) is 1. The molecule has 0 saturated heterocycles. The third-order valence-corrected chi connectivity index (χ3v) is 5.99. The van der Waals surface area contributed by atoms with E-state index in [9.17, 15) is 4.79 Å². The first-order valence-electron chi connectivity index (χ1n) is 8.66. The topological polar surface area (TPSA) is 41.9 Å². The van der Waals surface area contributed by atoms with Gasteiger partial charge >= 0.3 is 0 Å². The summed E-state index contributed by atoms with van der Waals surface area (Å²) >= 11 is 7.87. The van der Waals surface area contributed by atoms with Crippen LogP contribution in [0, 0.1) is 0 Å². The van der Waals surface area contributed by atoms with Gasteiger partial charge < -0.3 is 4.74 Å². The molecule has 2 aliphatic heterocycles. The normalized spacial score (nSPS) is 20.5. The van der Waals surface area contributed by atoms with Crippen molar-refractivity contribution in [3.8, 4) is 5.75 Å². The van der Waals surface area contributed by atoms with Crippen LogP contribution < -0.4 is 4.74 Å². The zero-order chi connectivity index (χ0) is 18.4. The van der Waals surface area contributed by atoms with E-state index in [0.29, 0.717) is 16.3 Å². The highest BCUT2D eigenvalue weighted by atomic mass is 35.5. The summed E-state index contributed by atoms with van der Waals surface area (Å²) in [6.45, 7) is 0. The predicted octanol–water partition coefficient (Wildman–Crippen LogP) is 5.15. The average molecular weight is 395 g/mol. The summed E-state index contributed by atoms with van der Waals surface area (Å²) < 4.78 is 6.10. The number of nitrogens with zero attached hydrogens (tertiary/aromatic N) is 2. The molecule has 2 aliphatic rings. The van der Waals surface area contributed by atoms with E-state index in [4.69, 9.17) is 21.4 Å². The minimum atomic E-state index is -0.788. The summed E-state index contributed by atoms with van der Waals surface area (Å²) in [5.74, 6) is 0.593. The van der Waals surface area contributed by atoms with Gasteiger partial charge in [-0.1, -0.05) is 48.0 Å². The Labute approximate surface area is 165 Å². The van der Waals surface area contributed by atoms with Crippen molar-refractivity contribution in [1.82, 2.24) is 5.01 Å². The predicted molar refractivity (Wildman–Crippen MR) is 107 cm³/mol. The summed E-state index contributed by atoms with van der Waals surface area (Å²) in [5, 5.41) is 9.25. The van der Waals surface area contributed by atoms with Gasteiger partial charge in [0.1, 0.15) is 5.75 Å². The molecule has 6 heteroatoms. The van der Waals surface area contributed by atoms with Crippen LogP contribution >= 0.6 is 22.9 Å². The molecule has 2 atom stereocenters. The number of thiophene rings is 1. The molecule has 0 fully saturated rings. The quantitative estimate of drug-likeness (QED) is 0.576. The molecule has 0 spiro atoms. The third kappa shape index (κ3) is 2.83. The molecule has 0 bridgehead atoms. The van der Waals surface area contributed by atoms with Crippen LogP contribution in [0.3, 0.4) is 0 Å². The summed E-state index contributed by atoms with van der Waals surface area (Å²) in [4.78, 5) is 14.3. The van der Waals surface area contributed by atoms with Gasteiger partial charge in [0.25, 0.3) is 6.23 Å². The molecule has 0 N–H and O–H groups in total. The smallest absolute Gasteiger partial charge is 0.251 e. The van der Waals surface area contributed by atoms with Crippen LogP contribution in [0.15, 0.2) is 71.1 Å². The van der Waals surface area contributed by atoms with Gasteiger partial charge in [0.2, 0.25) is 5.78 Å². The van der Waals surface area contributed by atoms with Gasteiger partial charge in [-0.2, -0.15) is 5.10 Å². The lowest BCUT2D eigenvalue weighted by Crippen LogP contribution is -2.45. The number of hydrogen-bond acceptors (Lipinski definition) is 5. The third-order valence-electron chi connectivity index (χ3n) is 4.84. The first-order valence-corrected chi connectivity index (χ1v) is 9.91. The molecule has 5 rings (SSSR count). The molecular formula is C21H15ClN2O2S. The lowest BCUT2D eigenvalue weighted by molar-refractivity contribution is -0.00455. The number of halogens is 1. The first-order chi connectivity index (χ1) is 13.2. The Morgan fingerprint density at radius 2 is 2.00 bits per heavy atom. The zero-order valence-corrected chi connectivity index (χ0v) is 15.8. The van der Waals surface area contributed by atoms with Crippen molar-refractivity contribution < 1.29 is 9.53 Å². The van der Waals surface area contributed by atoms with Crippen LogP contribution in [-0.4, -0.2) is 22.7 Å². The van der Waals surface area contributed by atoms with Crippen molar-refractivity contribution in [2.24, 2.45) is 5.10 Å². The molecule has 134 valence electrons. The van der Waals surface area contributed by atoms with Crippen molar-refractivity contribution in [2.45, 2.75) is 18.7 Å². The Balaban J connectivity index is 1.59. The molecule has 1 aromatic heterocycles. The van der Waals surface area contributed by atoms with Gasteiger partial charge in [-0.25, -0.2) is 5.01 Å². The van der Waals surface area contributed by atoms with Crippen LogP contribution in [0.25, 0.3) is 0 Å². The summed E-state index contributed by atoms with van der Waals surface area (Å²) in [6.07, 6.45) is -0.0704. The summed E-state index contributed by atoms with van der Waals surface area (Å²) in [5.41, 5.74) is 2.55. The number of carbonyl (C=O) groups excluding carboxylic acids is 1. The molecule has 3 aromatic rings. The first kappa shape index (κ1) is 16.5. The highest BCUT2D eigenvalue weighted by molar-refractivity contribution is 7.12. The van der Waals surface area contributed by atoms with Crippen molar-refractivity contribution in [3.63, 3.8) is 0 Å². The second kappa shape index (κ2) is 6.51. The van der Waals surface area contributed by atoms with Gasteiger partial charge in [-0.05, 0) is 29.6 Å². The van der Waals surface area contributed by atoms with E-state index >= 15 is 0 Å². The SMILES string of the molecule is O=C(c1ccccc1)[C@H]1Oc2ccc(Cl)cc2[C@@H]2CC(c3cccs3)=NN12. The molecule has 3 heterocycles. The largest absolute Gasteiger partial charge is 0.461 e. The van der Waals surface area contributed by atoms with Gasteiger partial charge in [-0.3, -0.25) is 4.79 Å². The fourth-order valence-electron chi connectivity index (χ4n) is 3.57. The Bertz CT molecular complexity index is 1030. The van der Waals surface area contributed by atoms with Crippen LogP contribution in [0.5, 0.6) is 5.75 Å². The van der Waals surface area contributed by atoms with Gasteiger partial charge in [0, 0.05) is 22.6 Å². The van der Waals surface area contributed by atoms with E-state index in [1.165, 1.54) is 0 Å². The van der Waals surface area contributed by atoms with E-state index in [1.54, 1.807) is 34.5 Å². The number of hydrazone groups is 1. The summed E-state index contributed by atoms with van der Waals surface area (Å²) in [7, 11) is 0. The van der Waals surface area contributed by atoms with Crippen molar-refractivity contribution >= 4 is 34.4 Å². The Hall–Kier alpha value is -2.63. The second-order valence-corrected chi connectivity index (χ2v) is 7.89. The molecule has 0 amide bonds. The lowest BCUT2D eigenvalue weighted by Gasteiger charge is -2.37. The van der Waals surface area contributed by atoms with E-state index in [-0.39, 0.29) is 11.8 Å². The van der Waals surface area contributed by atoms with Crippen molar-refractivity contribution in [2.75, 3.05) is 0 Å². The molecule has 27 heavy (non-hydrogen) atoms. The molecule has 0 saturated carbocycles. The zero-order valence-electron chi connectivity index (χ0n) is 14.2. The van der Waals surface area contributed by atoms with Crippen LogP contribution in [0.4, 0.5) is 0 Å². The number of ketones is 1. The Kier molecular flexibility index (Phi) is 3.99. The number of rotatable bonds is 3. The maximum atomic E-state index is 13.2. The number of benzene rings is 2. The van der Waals surface area contributed by atoms with Crippen molar-refractivity contribution in [3.05, 3.63) is 87.1 Å². The molecule has 0 unspecified atom stereocenters. The average Bonchev–Trinajstić information content (AvgIpc) is 3.37. The van der Waals surface area contributed by atoms with E-state index < -0.39 is 6.23 Å². The van der Waals surface area contributed by atoms with Crippen LogP contribution in [0.1, 0.15) is 33.3 Å². The van der Waals surface area contributed by atoms with Gasteiger partial charge in [0.15, 0.2) is 0 Å². The molecule has 0 aliphatic carbocycles. The fraction of sp³-hybridized carbons (Fsp3) is 0.143. The summed E-state index contributed by atoms with van der Waals surface area (Å²) in [6, 6.07) is 18.7. The number of Topliss-reactive ketones (excluding diaryl/α,β-unsaturated/α-hetero) is 1. The second-order valence-electron chi connectivity index (χ2n) is 6.51. The maximum Gasteiger partial charge on any atom is 0.251 e. The minimum absolute atomic E-state index is 0.0674. The molecule has 4 nitrogen and oxygen atoms in total. The Morgan fingerprint density at radius 1 is 1.15 bits per heavy atom. The Morgan fingerprint density at radius 3 is 2.78 bits per heavy atom. The molecule has 0 radical (unpaired) electrons. The standard InChI is InChI=1S/C21H15ClN2O2S/c22-14-8-9-18-15(11-14)17-12-16(19-7-4-10-27-19)23-24(17)21(26-18)20(25)13-5-2-1-3-6-13/h1-11,17,21H,12H2/t17-,21+/m0/s1. The highest BCUT2D eigenvalue weighted by Crippen LogP contribution is 2.44. The van der Waals surface area contributed by atoms with E-state index in [0.717, 1.165) is 22.6 Å². The van der Waals surface area contributed by atoms with Gasteiger partial charge in [0.05, 0.1) is 16.6 Å². The van der Waals surface area contributed by atoms with Crippen LogP contribution in [-0.2, 0) is 0 Å². The number of carbonyl (C=O) groups is 1. The fourth-order valence-corrected chi connectivity index (χ4v) is 4.47. The van der Waals surface area contributed by atoms with E-state index in [2.05, 4.69) is 6.07 Å². The maximum absolute atomic E-state index is 13.2. The van der Waals surface area contributed by atoms with Crippen LogP contribution in [0.2, 0.25) is 5.02 Å². The van der Waals surface area contributed by atoms with Crippen molar-refractivity contribution in [1.29, 1.82) is 0 Å².